The van der Waals surface area contributed by atoms with Crippen LogP contribution < -0.4 is 0 Å². The predicted octanol–water partition coefficient (Wildman–Crippen LogP) is 3.56. The summed E-state index contributed by atoms with van der Waals surface area (Å²) in [5, 5.41) is 1.26. The van der Waals surface area contributed by atoms with E-state index in [0.717, 1.165) is 11.3 Å². The Kier molecular flexibility index (Phi) is 1.21. The molecule has 0 saturated heterocycles. The van der Waals surface area contributed by atoms with Crippen LogP contribution in [0.15, 0.2) is 34.8 Å². The molecule has 0 spiro atoms. The van der Waals surface area contributed by atoms with Gasteiger partial charge in [-0.05, 0) is 12.1 Å². The minimum Gasteiger partial charge on any atom is -0.456 e. The molecule has 0 saturated carbocycles. The van der Waals surface area contributed by atoms with Gasteiger partial charge >= 0.3 is 0 Å². The van der Waals surface area contributed by atoms with Crippen LogP contribution >= 0.6 is 0 Å². The first kappa shape index (κ1) is 6.96. The zero-order chi connectivity index (χ0) is 8.84. The molecule has 1 atom stereocenters. The van der Waals surface area contributed by atoms with Crippen molar-refractivity contribution < 1.29 is 4.42 Å². The normalized spacial score (nSPS) is 19.6. The van der Waals surface area contributed by atoms with E-state index in [-0.39, 0.29) is 0 Å². The Morgan fingerprint density at radius 1 is 1.23 bits per heavy atom. The summed E-state index contributed by atoms with van der Waals surface area (Å²) in [6.07, 6.45) is 4.25. The van der Waals surface area contributed by atoms with Gasteiger partial charge in [0.15, 0.2) is 0 Å². The van der Waals surface area contributed by atoms with Gasteiger partial charge in [-0.2, -0.15) is 0 Å². The summed E-state index contributed by atoms with van der Waals surface area (Å²) in [7, 11) is 0. The number of hydrogen-bond donors (Lipinski definition) is 0. The molecule has 3 rings (SSSR count). The lowest BCUT2D eigenvalue weighted by molar-refractivity contribution is 0.601. The molecular formula is C12H10O. The number of furan rings is 1. The molecule has 0 N–H and O–H groups in total. The van der Waals surface area contributed by atoms with Gasteiger partial charge < -0.3 is 4.42 Å². The zero-order valence-electron chi connectivity index (χ0n) is 7.45. The van der Waals surface area contributed by atoms with Gasteiger partial charge in [0.2, 0.25) is 0 Å². The van der Waals surface area contributed by atoms with Crippen LogP contribution in [-0.2, 0) is 0 Å². The van der Waals surface area contributed by atoms with Crippen molar-refractivity contribution in [3.05, 3.63) is 41.7 Å². The van der Waals surface area contributed by atoms with Crippen LogP contribution in [0.5, 0.6) is 0 Å². The van der Waals surface area contributed by atoms with Crippen molar-refractivity contribution in [2.24, 2.45) is 0 Å². The lowest BCUT2D eigenvalue weighted by atomic mass is 10.0. The summed E-state index contributed by atoms with van der Waals surface area (Å²) in [6, 6.07) is 8.22. The second-order valence-corrected chi connectivity index (χ2v) is 3.52. The molecule has 1 unspecified atom stereocenters. The van der Waals surface area contributed by atoms with Crippen molar-refractivity contribution in [1.29, 1.82) is 0 Å². The molecule has 0 radical (unpaired) electrons. The van der Waals surface area contributed by atoms with E-state index in [1.807, 2.05) is 12.1 Å². The molecule has 0 fully saturated rings. The summed E-state index contributed by atoms with van der Waals surface area (Å²) in [5.74, 6) is 1.53. The van der Waals surface area contributed by atoms with Crippen LogP contribution in [0, 0.1) is 0 Å². The molecule has 1 aromatic heterocycles. The standard InChI is InChI=1S/C12H10O/c1-8-6-7-11-12(8)9-4-2-3-5-10(9)13-11/h2-8H,1H3. The summed E-state index contributed by atoms with van der Waals surface area (Å²) in [4.78, 5) is 0. The van der Waals surface area contributed by atoms with E-state index in [2.05, 4.69) is 31.2 Å². The van der Waals surface area contributed by atoms with Gasteiger partial charge in [0, 0.05) is 16.9 Å². The highest BCUT2D eigenvalue weighted by atomic mass is 16.3. The quantitative estimate of drug-likeness (QED) is 0.589. The van der Waals surface area contributed by atoms with Gasteiger partial charge in [0.25, 0.3) is 0 Å². The Labute approximate surface area is 76.7 Å². The minimum atomic E-state index is 0.499. The lowest BCUT2D eigenvalue weighted by Gasteiger charge is -1.98. The Balaban J connectivity index is 2.45. The van der Waals surface area contributed by atoms with Gasteiger partial charge in [-0.1, -0.05) is 31.2 Å². The van der Waals surface area contributed by atoms with Crippen LogP contribution in [0.4, 0.5) is 0 Å². The second kappa shape index (κ2) is 2.25. The molecule has 0 aliphatic heterocycles. The molecule has 1 heterocycles. The number of para-hydroxylation sites is 1. The summed E-state index contributed by atoms with van der Waals surface area (Å²) in [6.45, 7) is 2.20. The molecule has 1 nitrogen and oxygen atoms in total. The van der Waals surface area contributed by atoms with Gasteiger partial charge in [0.1, 0.15) is 11.3 Å². The third kappa shape index (κ3) is 0.816. The lowest BCUT2D eigenvalue weighted by Crippen LogP contribution is -1.82. The number of benzene rings is 1. The third-order valence-electron chi connectivity index (χ3n) is 2.65. The number of fused-ring (bicyclic) bond motifs is 3. The molecule has 13 heavy (non-hydrogen) atoms. The first-order chi connectivity index (χ1) is 6.36. The number of rotatable bonds is 0. The first-order valence-corrected chi connectivity index (χ1v) is 4.56. The fourth-order valence-corrected chi connectivity index (χ4v) is 2.01. The summed E-state index contributed by atoms with van der Waals surface area (Å²) >= 11 is 0. The van der Waals surface area contributed by atoms with Crippen LogP contribution in [0.2, 0.25) is 0 Å². The maximum Gasteiger partial charge on any atom is 0.135 e. The van der Waals surface area contributed by atoms with Crippen LogP contribution in [0.25, 0.3) is 17.0 Å². The van der Waals surface area contributed by atoms with Gasteiger partial charge in [-0.3, -0.25) is 0 Å². The topological polar surface area (TPSA) is 13.1 Å². The molecule has 1 aliphatic rings. The van der Waals surface area contributed by atoms with Gasteiger partial charge in [-0.15, -0.1) is 0 Å². The minimum absolute atomic E-state index is 0.499. The van der Waals surface area contributed by atoms with E-state index >= 15 is 0 Å². The van der Waals surface area contributed by atoms with E-state index in [9.17, 15) is 0 Å². The van der Waals surface area contributed by atoms with Gasteiger partial charge in [0.05, 0.1) is 0 Å². The molecule has 1 aliphatic carbocycles. The third-order valence-corrected chi connectivity index (χ3v) is 2.65. The van der Waals surface area contributed by atoms with E-state index in [1.165, 1.54) is 10.9 Å². The summed E-state index contributed by atoms with van der Waals surface area (Å²) < 4.78 is 5.69. The molecule has 0 amide bonds. The second-order valence-electron chi connectivity index (χ2n) is 3.52. The van der Waals surface area contributed by atoms with Crippen LogP contribution in [0.1, 0.15) is 24.2 Å². The average Bonchev–Trinajstić information content (AvgIpc) is 2.66. The molecule has 2 aromatic rings. The fourth-order valence-electron chi connectivity index (χ4n) is 2.01. The smallest absolute Gasteiger partial charge is 0.135 e. The SMILES string of the molecule is CC1C=Cc2oc3ccccc3c21. The van der Waals surface area contributed by atoms with Crippen molar-refractivity contribution >= 4 is 17.0 Å². The number of hydrogen-bond acceptors (Lipinski definition) is 1. The fraction of sp³-hybridized carbons (Fsp3) is 0.167. The van der Waals surface area contributed by atoms with Crippen molar-refractivity contribution in [2.75, 3.05) is 0 Å². The van der Waals surface area contributed by atoms with Crippen molar-refractivity contribution in [3.63, 3.8) is 0 Å². The molecule has 1 heteroatoms. The van der Waals surface area contributed by atoms with E-state index in [4.69, 9.17) is 4.42 Å². The van der Waals surface area contributed by atoms with Crippen LogP contribution in [-0.4, -0.2) is 0 Å². The highest BCUT2D eigenvalue weighted by Gasteiger charge is 2.20. The highest BCUT2D eigenvalue weighted by Crippen LogP contribution is 2.37. The molecule has 1 aromatic carbocycles. The predicted molar refractivity (Wildman–Crippen MR) is 53.7 cm³/mol. The van der Waals surface area contributed by atoms with Crippen LogP contribution in [0.3, 0.4) is 0 Å². The zero-order valence-corrected chi connectivity index (χ0v) is 7.45. The molecule has 0 bridgehead atoms. The summed E-state index contributed by atoms with van der Waals surface area (Å²) in [5.41, 5.74) is 2.35. The van der Waals surface area contributed by atoms with Crippen molar-refractivity contribution in [2.45, 2.75) is 12.8 Å². The average molecular weight is 170 g/mol. The first-order valence-electron chi connectivity index (χ1n) is 4.56. The highest BCUT2D eigenvalue weighted by molar-refractivity contribution is 5.87. The van der Waals surface area contributed by atoms with E-state index in [0.29, 0.717) is 5.92 Å². The Hall–Kier alpha value is -1.50. The van der Waals surface area contributed by atoms with E-state index < -0.39 is 0 Å². The van der Waals surface area contributed by atoms with Crippen molar-refractivity contribution in [3.8, 4) is 0 Å². The number of allylic oxidation sites excluding steroid dienone is 1. The Morgan fingerprint density at radius 3 is 3.00 bits per heavy atom. The van der Waals surface area contributed by atoms with E-state index in [1.54, 1.807) is 0 Å². The Morgan fingerprint density at radius 2 is 2.08 bits per heavy atom. The Bertz CT molecular complexity index is 491. The monoisotopic (exact) mass is 170 g/mol. The maximum atomic E-state index is 5.69. The maximum absolute atomic E-state index is 5.69. The molecular weight excluding hydrogens is 160 g/mol. The van der Waals surface area contributed by atoms with Gasteiger partial charge in [-0.25, -0.2) is 0 Å². The largest absolute Gasteiger partial charge is 0.456 e. The molecule has 64 valence electrons. The van der Waals surface area contributed by atoms with Crippen molar-refractivity contribution in [1.82, 2.24) is 0 Å².